The lowest BCUT2D eigenvalue weighted by atomic mass is 9.49. The standard InChI is InChI=1S/C23H31NO5/c1-14(19-9-18(27-2)4-5-20(19)28-3)24-21(25)13-29-22(26)23-10-15-6-16(11-23)8-17(7-15)12-23/h4-5,9,14-17H,6-8,10-13H2,1-3H3,(H,24,25)/t14-,15?,16?,17?,23?/m0/s1. The number of methoxy groups -OCH3 is 2. The Labute approximate surface area is 172 Å². The van der Waals surface area contributed by atoms with Crippen molar-refractivity contribution in [3.8, 4) is 11.5 Å². The number of ether oxygens (including phenoxy) is 3. The molecular formula is C23H31NO5. The molecule has 0 aromatic heterocycles. The Morgan fingerprint density at radius 3 is 2.24 bits per heavy atom. The number of carbonyl (C=O) groups is 2. The molecule has 0 unspecified atom stereocenters. The van der Waals surface area contributed by atoms with Gasteiger partial charge in [-0.05, 0) is 81.4 Å². The average molecular weight is 402 g/mol. The van der Waals surface area contributed by atoms with Crippen LogP contribution in [-0.2, 0) is 14.3 Å². The third kappa shape index (κ3) is 3.94. The van der Waals surface area contributed by atoms with E-state index in [1.807, 2.05) is 25.1 Å². The molecule has 1 N–H and O–H groups in total. The van der Waals surface area contributed by atoms with Gasteiger partial charge in [-0.3, -0.25) is 9.59 Å². The third-order valence-electron chi connectivity index (χ3n) is 7.09. The summed E-state index contributed by atoms with van der Waals surface area (Å²) in [5.41, 5.74) is 0.476. The maximum Gasteiger partial charge on any atom is 0.312 e. The van der Waals surface area contributed by atoms with Gasteiger partial charge in [0, 0.05) is 5.56 Å². The van der Waals surface area contributed by atoms with E-state index in [0.29, 0.717) is 29.3 Å². The van der Waals surface area contributed by atoms with Crippen LogP contribution < -0.4 is 14.8 Å². The summed E-state index contributed by atoms with van der Waals surface area (Å²) in [4.78, 5) is 25.4. The minimum absolute atomic E-state index is 0.168. The molecule has 158 valence electrons. The first-order valence-corrected chi connectivity index (χ1v) is 10.6. The zero-order valence-corrected chi connectivity index (χ0v) is 17.5. The first kappa shape index (κ1) is 20.0. The molecule has 4 aliphatic rings. The maximum absolute atomic E-state index is 12.9. The molecule has 4 aliphatic carbocycles. The average Bonchev–Trinajstić information content (AvgIpc) is 2.70. The number of carbonyl (C=O) groups excluding carboxylic acids is 2. The molecule has 4 fully saturated rings. The summed E-state index contributed by atoms with van der Waals surface area (Å²) in [5, 5.41) is 2.90. The van der Waals surface area contributed by atoms with Crippen molar-refractivity contribution in [3.05, 3.63) is 23.8 Å². The lowest BCUT2D eigenvalue weighted by Gasteiger charge is -2.55. The molecule has 6 nitrogen and oxygen atoms in total. The fourth-order valence-corrected chi connectivity index (χ4v) is 6.18. The summed E-state index contributed by atoms with van der Waals surface area (Å²) in [6, 6.07) is 5.16. The van der Waals surface area contributed by atoms with Gasteiger partial charge in [-0.15, -0.1) is 0 Å². The van der Waals surface area contributed by atoms with Crippen LogP contribution in [0, 0.1) is 23.2 Å². The summed E-state index contributed by atoms with van der Waals surface area (Å²) >= 11 is 0. The Hall–Kier alpha value is -2.24. The summed E-state index contributed by atoms with van der Waals surface area (Å²) in [6.45, 7) is 1.63. The molecule has 29 heavy (non-hydrogen) atoms. The summed E-state index contributed by atoms with van der Waals surface area (Å²) in [6.07, 6.45) is 6.64. The number of amides is 1. The van der Waals surface area contributed by atoms with E-state index in [4.69, 9.17) is 14.2 Å². The second-order valence-corrected chi connectivity index (χ2v) is 9.17. The molecule has 0 aliphatic heterocycles. The van der Waals surface area contributed by atoms with Crippen LogP contribution in [0.15, 0.2) is 18.2 Å². The SMILES string of the molecule is COc1ccc(OC)c([C@H](C)NC(=O)COC(=O)C23CC4CC(CC(C4)C2)C3)c1. The van der Waals surface area contributed by atoms with Crippen LogP contribution in [0.1, 0.15) is 57.1 Å². The quantitative estimate of drug-likeness (QED) is 0.706. The van der Waals surface area contributed by atoms with Crippen molar-refractivity contribution in [2.75, 3.05) is 20.8 Å². The molecule has 1 atom stereocenters. The second kappa shape index (κ2) is 7.88. The van der Waals surface area contributed by atoms with Crippen molar-refractivity contribution < 1.29 is 23.8 Å². The first-order chi connectivity index (χ1) is 13.9. The first-order valence-electron chi connectivity index (χ1n) is 10.6. The van der Waals surface area contributed by atoms with Crippen molar-refractivity contribution in [2.24, 2.45) is 23.2 Å². The third-order valence-corrected chi connectivity index (χ3v) is 7.09. The molecule has 0 spiro atoms. The Morgan fingerprint density at radius 1 is 1.07 bits per heavy atom. The van der Waals surface area contributed by atoms with Crippen LogP contribution in [0.4, 0.5) is 0 Å². The van der Waals surface area contributed by atoms with E-state index in [-0.39, 0.29) is 29.9 Å². The minimum Gasteiger partial charge on any atom is -0.497 e. The minimum atomic E-state index is -0.337. The van der Waals surface area contributed by atoms with E-state index >= 15 is 0 Å². The van der Waals surface area contributed by atoms with Crippen molar-refractivity contribution in [2.45, 2.75) is 51.5 Å². The number of hydrogen-bond acceptors (Lipinski definition) is 5. The van der Waals surface area contributed by atoms with Gasteiger partial charge < -0.3 is 19.5 Å². The summed E-state index contributed by atoms with van der Waals surface area (Å²) in [7, 11) is 3.19. The van der Waals surface area contributed by atoms with Gasteiger partial charge in [0.1, 0.15) is 11.5 Å². The molecular weight excluding hydrogens is 370 g/mol. The van der Waals surface area contributed by atoms with Crippen LogP contribution in [0.5, 0.6) is 11.5 Å². The molecule has 4 saturated carbocycles. The van der Waals surface area contributed by atoms with Crippen LogP contribution >= 0.6 is 0 Å². The van der Waals surface area contributed by atoms with Crippen LogP contribution in [-0.4, -0.2) is 32.7 Å². The van der Waals surface area contributed by atoms with E-state index in [2.05, 4.69) is 5.32 Å². The molecule has 0 saturated heterocycles. The fraction of sp³-hybridized carbons (Fsp3) is 0.652. The zero-order chi connectivity index (χ0) is 20.6. The number of rotatable bonds is 7. The second-order valence-electron chi connectivity index (χ2n) is 9.17. The van der Waals surface area contributed by atoms with Crippen molar-refractivity contribution in [1.29, 1.82) is 0 Å². The zero-order valence-electron chi connectivity index (χ0n) is 17.5. The Balaban J connectivity index is 1.34. The highest BCUT2D eigenvalue weighted by atomic mass is 16.5. The van der Waals surface area contributed by atoms with Crippen LogP contribution in [0.3, 0.4) is 0 Å². The van der Waals surface area contributed by atoms with E-state index in [0.717, 1.165) is 24.8 Å². The molecule has 5 rings (SSSR count). The monoisotopic (exact) mass is 401 g/mol. The number of hydrogen-bond donors (Lipinski definition) is 1. The summed E-state index contributed by atoms with van der Waals surface area (Å²) in [5.74, 6) is 2.90. The van der Waals surface area contributed by atoms with E-state index in [1.54, 1.807) is 14.2 Å². The summed E-state index contributed by atoms with van der Waals surface area (Å²) < 4.78 is 16.2. The Kier molecular flexibility index (Phi) is 5.45. The highest BCUT2D eigenvalue weighted by molar-refractivity contribution is 5.83. The maximum atomic E-state index is 12.9. The Morgan fingerprint density at radius 2 is 1.69 bits per heavy atom. The molecule has 6 heteroatoms. The van der Waals surface area contributed by atoms with E-state index in [9.17, 15) is 9.59 Å². The van der Waals surface area contributed by atoms with E-state index < -0.39 is 0 Å². The lowest BCUT2D eigenvalue weighted by molar-refractivity contribution is -0.173. The highest BCUT2D eigenvalue weighted by Gasteiger charge is 2.55. The number of esters is 1. The normalized spacial score (nSPS) is 30.5. The van der Waals surface area contributed by atoms with Gasteiger partial charge in [0.25, 0.3) is 5.91 Å². The highest BCUT2D eigenvalue weighted by Crippen LogP contribution is 2.60. The fourth-order valence-electron chi connectivity index (χ4n) is 6.18. The molecule has 1 aromatic carbocycles. The van der Waals surface area contributed by atoms with E-state index in [1.165, 1.54) is 19.3 Å². The van der Waals surface area contributed by atoms with Crippen LogP contribution in [0.25, 0.3) is 0 Å². The topological polar surface area (TPSA) is 73.9 Å². The van der Waals surface area contributed by atoms with Gasteiger partial charge in [0.05, 0.1) is 25.7 Å². The van der Waals surface area contributed by atoms with Gasteiger partial charge in [0.2, 0.25) is 0 Å². The predicted molar refractivity (Wildman–Crippen MR) is 108 cm³/mol. The van der Waals surface area contributed by atoms with Gasteiger partial charge in [-0.2, -0.15) is 0 Å². The molecule has 0 heterocycles. The molecule has 1 amide bonds. The van der Waals surface area contributed by atoms with Crippen molar-refractivity contribution in [3.63, 3.8) is 0 Å². The van der Waals surface area contributed by atoms with Gasteiger partial charge in [0.15, 0.2) is 6.61 Å². The van der Waals surface area contributed by atoms with Crippen molar-refractivity contribution in [1.82, 2.24) is 5.32 Å². The van der Waals surface area contributed by atoms with Gasteiger partial charge >= 0.3 is 5.97 Å². The molecule has 0 radical (unpaired) electrons. The number of nitrogens with one attached hydrogen (secondary N) is 1. The molecule has 4 bridgehead atoms. The van der Waals surface area contributed by atoms with Gasteiger partial charge in [-0.1, -0.05) is 0 Å². The Bertz CT molecular complexity index is 754. The van der Waals surface area contributed by atoms with Crippen LogP contribution in [0.2, 0.25) is 0 Å². The largest absolute Gasteiger partial charge is 0.497 e. The predicted octanol–water partition coefficient (Wildman–Crippen LogP) is 3.64. The smallest absolute Gasteiger partial charge is 0.312 e. The molecule has 1 aromatic rings. The lowest BCUT2D eigenvalue weighted by Crippen LogP contribution is -2.51. The number of benzene rings is 1. The van der Waals surface area contributed by atoms with Crippen molar-refractivity contribution >= 4 is 11.9 Å². The van der Waals surface area contributed by atoms with Gasteiger partial charge in [-0.25, -0.2) is 0 Å².